The highest BCUT2D eigenvalue weighted by atomic mass is 35.5. The van der Waals surface area contributed by atoms with Crippen LogP contribution in [0.4, 0.5) is 0 Å². The van der Waals surface area contributed by atoms with Crippen molar-refractivity contribution in [2.24, 2.45) is 0 Å². The smallest absolute Gasteiger partial charge is 0.146 e. The number of benzene rings is 1. The molecule has 1 aromatic heterocycles. The summed E-state index contributed by atoms with van der Waals surface area (Å²) < 4.78 is 5.80. The summed E-state index contributed by atoms with van der Waals surface area (Å²) in [5.74, 6) is 1.97. The maximum absolute atomic E-state index is 5.80. The van der Waals surface area contributed by atoms with Gasteiger partial charge in [0.1, 0.15) is 11.5 Å². The predicted octanol–water partition coefficient (Wildman–Crippen LogP) is 5.30. The van der Waals surface area contributed by atoms with Crippen molar-refractivity contribution < 1.29 is 4.74 Å². The summed E-state index contributed by atoms with van der Waals surface area (Å²) in [7, 11) is 0. The SMILES string of the molecule is CCC(C)(C)c1ccc(Oc2cncc(CCl)c2)cc1. The maximum Gasteiger partial charge on any atom is 0.146 e. The largest absolute Gasteiger partial charge is 0.456 e. The molecule has 20 heavy (non-hydrogen) atoms. The zero-order valence-corrected chi connectivity index (χ0v) is 12.9. The molecule has 0 bridgehead atoms. The molecule has 0 fully saturated rings. The number of alkyl halides is 1. The van der Waals surface area contributed by atoms with Crippen molar-refractivity contribution in [2.75, 3.05) is 0 Å². The predicted molar refractivity (Wildman–Crippen MR) is 83.6 cm³/mol. The topological polar surface area (TPSA) is 22.1 Å². The molecule has 0 amide bonds. The molecule has 0 unspecified atom stereocenters. The van der Waals surface area contributed by atoms with Gasteiger partial charge >= 0.3 is 0 Å². The molecule has 1 heterocycles. The van der Waals surface area contributed by atoms with E-state index in [2.05, 4.69) is 37.9 Å². The lowest BCUT2D eigenvalue weighted by Gasteiger charge is -2.23. The van der Waals surface area contributed by atoms with Gasteiger partial charge in [0, 0.05) is 12.1 Å². The fourth-order valence-electron chi connectivity index (χ4n) is 1.91. The summed E-state index contributed by atoms with van der Waals surface area (Å²) >= 11 is 5.79. The van der Waals surface area contributed by atoms with E-state index >= 15 is 0 Å². The number of rotatable bonds is 5. The molecule has 0 spiro atoms. The molecule has 0 atom stereocenters. The molecule has 0 saturated carbocycles. The van der Waals surface area contributed by atoms with Crippen molar-refractivity contribution in [2.45, 2.75) is 38.5 Å². The lowest BCUT2D eigenvalue weighted by Crippen LogP contribution is -2.14. The summed E-state index contributed by atoms with van der Waals surface area (Å²) in [6, 6.07) is 10.2. The van der Waals surface area contributed by atoms with Crippen LogP contribution in [0.5, 0.6) is 11.5 Å². The minimum Gasteiger partial charge on any atom is -0.456 e. The van der Waals surface area contributed by atoms with Crippen LogP contribution in [0.25, 0.3) is 0 Å². The highest BCUT2D eigenvalue weighted by Crippen LogP contribution is 2.29. The van der Waals surface area contributed by atoms with E-state index in [1.807, 2.05) is 18.2 Å². The van der Waals surface area contributed by atoms with E-state index in [-0.39, 0.29) is 5.41 Å². The molecular formula is C17H20ClNO. The summed E-state index contributed by atoms with van der Waals surface area (Å²) in [5, 5.41) is 0. The minimum absolute atomic E-state index is 0.193. The number of halogens is 1. The first-order chi connectivity index (χ1) is 9.55. The van der Waals surface area contributed by atoms with E-state index in [4.69, 9.17) is 16.3 Å². The second kappa shape index (κ2) is 6.27. The fraction of sp³-hybridized carbons (Fsp3) is 0.353. The Kier molecular flexibility index (Phi) is 4.66. The van der Waals surface area contributed by atoms with Crippen LogP contribution in [0.1, 0.15) is 38.3 Å². The van der Waals surface area contributed by atoms with E-state index in [1.165, 1.54) is 5.56 Å². The van der Waals surface area contributed by atoms with Crippen molar-refractivity contribution in [3.05, 3.63) is 53.9 Å². The van der Waals surface area contributed by atoms with Crippen molar-refractivity contribution in [3.8, 4) is 11.5 Å². The second-order valence-corrected chi connectivity index (χ2v) is 5.79. The standard InChI is InChI=1S/C17H20ClNO/c1-4-17(2,3)14-5-7-15(8-6-14)20-16-9-13(10-18)11-19-12-16/h5-9,11-12H,4,10H2,1-3H3. The van der Waals surface area contributed by atoms with E-state index < -0.39 is 0 Å². The van der Waals surface area contributed by atoms with E-state index in [9.17, 15) is 0 Å². The molecule has 2 rings (SSSR count). The molecule has 1 aromatic carbocycles. The number of hydrogen-bond donors (Lipinski definition) is 0. The van der Waals surface area contributed by atoms with Crippen LogP contribution < -0.4 is 4.74 Å². The Balaban J connectivity index is 2.14. The van der Waals surface area contributed by atoms with E-state index in [0.29, 0.717) is 11.6 Å². The summed E-state index contributed by atoms with van der Waals surface area (Å²) in [6.45, 7) is 6.70. The number of hydrogen-bond acceptors (Lipinski definition) is 2. The van der Waals surface area contributed by atoms with Gasteiger partial charge in [-0.15, -0.1) is 11.6 Å². The van der Waals surface area contributed by atoms with Crippen LogP contribution in [-0.2, 0) is 11.3 Å². The first-order valence-electron chi connectivity index (χ1n) is 6.83. The quantitative estimate of drug-likeness (QED) is 0.697. The van der Waals surface area contributed by atoms with Crippen LogP contribution >= 0.6 is 11.6 Å². The molecule has 0 aliphatic heterocycles. The summed E-state index contributed by atoms with van der Waals surface area (Å²) in [4.78, 5) is 4.11. The Hall–Kier alpha value is -1.54. The first-order valence-corrected chi connectivity index (χ1v) is 7.37. The van der Waals surface area contributed by atoms with Gasteiger partial charge in [0.05, 0.1) is 6.20 Å². The molecule has 3 heteroatoms. The average molecular weight is 290 g/mol. The van der Waals surface area contributed by atoms with Crippen LogP contribution in [0.2, 0.25) is 0 Å². The van der Waals surface area contributed by atoms with Gasteiger partial charge < -0.3 is 4.74 Å². The van der Waals surface area contributed by atoms with Crippen molar-refractivity contribution in [1.29, 1.82) is 0 Å². The number of ether oxygens (including phenoxy) is 1. The molecule has 2 nitrogen and oxygen atoms in total. The first kappa shape index (κ1) is 14.9. The van der Waals surface area contributed by atoms with Gasteiger partial charge in [-0.3, -0.25) is 4.98 Å². The Morgan fingerprint density at radius 1 is 1.10 bits per heavy atom. The Morgan fingerprint density at radius 3 is 2.40 bits per heavy atom. The van der Waals surface area contributed by atoms with Gasteiger partial charge in [-0.05, 0) is 41.2 Å². The highest BCUT2D eigenvalue weighted by Gasteiger charge is 2.17. The van der Waals surface area contributed by atoms with Gasteiger partial charge in [0.25, 0.3) is 0 Å². The number of pyridine rings is 1. The third-order valence-corrected chi connectivity index (χ3v) is 3.99. The maximum atomic E-state index is 5.80. The molecule has 0 aliphatic carbocycles. The summed E-state index contributed by atoms with van der Waals surface area (Å²) in [6.07, 6.45) is 4.54. The Morgan fingerprint density at radius 2 is 1.80 bits per heavy atom. The fourth-order valence-corrected chi connectivity index (χ4v) is 2.05. The third-order valence-electron chi connectivity index (χ3n) is 3.68. The average Bonchev–Trinajstić information content (AvgIpc) is 2.48. The van der Waals surface area contributed by atoms with Gasteiger partial charge in [-0.25, -0.2) is 0 Å². The van der Waals surface area contributed by atoms with Crippen molar-refractivity contribution >= 4 is 11.6 Å². The normalized spacial score (nSPS) is 11.4. The lowest BCUT2D eigenvalue weighted by atomic mass is 9.82. The third kappa shape index (κ3) is 3.51. The van der Waals surface area contributed by atoms with Crippen LogP contribution in [0, 0.1) is 0 Å². The number of nitrogens with zero attached hydrogens (tertiary/aromatic N) is 1. The van der Waals surface area contributed by atoms with Crippen molar-refractivity contribution in [1.82, 2.24) is 4.98 Å². The molecule has 0 radical (unpaired) electrons. The van der Waals surface area contributed by atoms with Crippen molar-refractivity contribution in [3.63, 3.8) is 0 Å². The second-order valence-electron chi connectivity index (χ2n) is 5.53. The van der Waals surface area contributed by atoms with Gasteiger partial charge in [0.15, 0.2) is 0 Å². The van der Waals surface area contributed by atoms with E-state index in [1.54, 1.807) is 12.4 Å². The van der Waals surface area contributed by atoms with Gasteiger partial charge in [0.2, 0.25) is 0 Å². The molecule has 106 valence electrons. The molecule has 2 aromatic rings. The van der Waals surface area contributed by atoms with Gasteiger partial charge in [-0.1, -0.05) is 32.9 Å². The minimum atomic E-state index is 0.193. The van der Waals surface area contributed by atoms with Crippen LogP contribution in [-0.4, -0.2) is 4.98 Å². The zero-order valence-electron chi connectivity index (χ0n) is 12.2. The monoisotopic (exact) mass is 289 g/mol. The Bertz CT molecular complexity index is 563. The molecule has 0 saturated heterocycles. The lowest BCUT2D eigenvalue weighted by molar-refractivity contribution is 0.475. The highest BCUT2D eigenvalue weighted by molar-refractivity contribution is 6.17. The molecule has 0 aliphatic rings. The molecular weight excluding hydrogens is 270 g/mol. The van der Waals surface area contributed by atoms with E-state index in [0.717, 1.165) is 17.7 Å². The van der Waals surface area contributed by atoms with Crippen LogP contribution in [0.3, 0.4) is 0 Å². The summed E-state index contributed by atoms with van der Waals surface area (Å²) in [5.41, 5.74) is 2.46. The van der Waals surface area contributed by atoms with Gasteiger partial charge in [-0.2, -0.15) is 0 Å². The number of aromatic nitrogens is 1. The Labute approximate surface area is 125 Å². The molecule has 0 N–H and O–H groups in total. The van der Waals surface area contributed by atoms with Crippen LogP contribution in [0.15, 0.2) is 42.7 Å². The zero-order chi connectivity index (χ0) is 14.6.